The molecule has 3 aromatic rings. The number of methoxy groups -OCH3 is 1. The lowest BCUT2D eigenvalue weighted by molar-refractivity contribution is 0.407. The lowest BCUT2D eigenvalue weighted by Gasteiger charge is -2.07. The molecular weight excluding hydrogens is 377 g/mol. The fourth-order valence-corrected chi connectivity index (χ4v) is 2.68. The first-order chi connectivity index (χ1) is 10.3. The predicted octanol–water partition coefficient (Wildman–Crippen LogP) is 3.61. The minimum atomic E-state index is 0.640. The Morgan fingerprint density at radius 3 is 2.81 bits per heavy atom. The maximum Gasteiger partial charge on any atom is 0.181 e. The van der Waals surface area contributed by atoms with Crippen LogP contribution >= 0.6 is 22.6 Å². The van der Waals surface area contributed by atoms with Gasteiger partial charge in [-0.2, -0.15) is 5.10 Å². The van der Waals surface area contributed by atoms with E-state index in [0.29, 0.717) is 6.54 Å². The Morgan fingerprint density at radius 2 is 2.00 bits per heavy atom. The quantitative estimate of drug-likeness (QED) is 0.638. The standard InChI is InChI=1S/C16H14IN3O/c1-21-15-8-3-2-5-13(15)10-20-11-18-16(19-20)12-6-4-7-14(17)9-12/h2-9,11H,10H2,1H3. The summed E-state index contributed by atoms with van der Waals surface area (Å²) in [5.74, 6) is 1.60. The van der Waals surface area contributed by atoms with E-state index in [-0.39, 0.29) is 0 Å². The van der Waals surface area contributed by atoms with Crippen LogP contribution in [0.2, 0.25) is 0 Å². The molecule has 0 radical (unpaired) electrons. The van der Waals surface area contributed by atoms with Crippen LogP contribution in [0.1, 0.15) is 5.56 Å². The van der Waals surface area contributed by atoms with Crippen LogP contribution in [0.5, 0.6) is 5.75 Å². The molecular formula is C16H14IN3O. The highest BCUT2D eigenvalue weighted by Gasteiger charge is 2.07. The van der Waals surface area contributed by atoms with Gasteiger partial charge in [0.2, 0.25) is 0 Å². The number of hydrogen-bond acceptors (Lipinski definition) is 3. The van der Waals surface area contributed by atoms with E-state index in [1.807, 2.05) is 41.1 Å². The zero-order valence-corrected chi connectivity index (χ0v) is 13.7. The number of ether oxygens (including phenoxy) is 1. The van der Waals surface area contributed by atoms with Crippen molar-refractivity contribution >= 4 is 22.6 Å². The second-order valence-electron chi connectivity index (χ2n) is 4.59. The third-order valence-corrected chi connectivity index (χ3v) is 3.82. The van der Waals surface area contributed by atoms with Crippen LogP contribution in [0, 0.1) is 3.57 Å². The summed E-state index contributed by atoms with van der Waals surface area (Å²) < 4.78 is 8.36. The number of halogens is 1. The molecule has 0 saturated heterocycles. The molecule has 0 saturated carbocycles. The Labute approximate surface area is 136 Å². The number of para-hydroxylation sites is 1. The third kappa shape index (κ3) is 3.24. The monoisotopic (exact) mass is 391 g/mol. The summed E-state index contributed by atoms with van der Waals surface area (Å²) in [4.78, 5) is 4.39. The molecule has 0 bridgehead atoms. The molecule has 21 heavy (non-hydrogen) atoms. The molecule has 1 heterocycles. The first kappa shape index (κ1) is 14.1. The van der Waals surface area contributed by atoms with E-state index < -0.39 is 0 Å². The van der Waals surface area contributed by atoms with E-state index in [0.717, 1.165) is 22.7 Å². The summed E-state index contributed by atoms with van der Waals surface area (Å²) in [6, 6.07) is 16.1. The average molecular weight is 391 g/mol. The first-order valence-corrected chi connectivity index (χ1v) is 7.61. The van der Waals surface area contributed by atoms with Crippen molar-refractivity contribution in [1.29, 1.82) is 0 Å². The van der Waals surface area contributed by atoms with E-state index in [4.69, 9.17) is 4.74 Å². The summed E-state index contributed by atoms with van der Waals surface area (Å²) in [7, 11) is 1.68. The van der Waals surface area contributed by atoms with Gasteiger partial charge in [0, 0.05) is 14.7 Å². The van der Waals surface area contributed by atoms with Gasteiger partial charge in [-0.05, 0) is 40.8 Å². The van der Waals surface area contributed by atoms with Gasteiger partial charge < -0.3 is 4.74 Å². The van der Waals surface area contributed by atoms with Crippen LogP contribution in [0.3, 0.4) is 0 Å². The first-order valence-electron chi connectivity index (χ1n) is 6.53. The van der Waals surface area contributed by atoms with Gasteiger partial charge in [-0.25, -0.2) is 9.67 Å². The highest BCUT2D eigenvalue weighted by molar-refractivity contribution is 14.1. The molecule has 5 heteroatoms. The molecule has 106 valence electrons. The van der Waals surface area contributed by atoms with Crippen molar-refractivity contribution in [2.75, 3.05) is 7.11 Å². The van der Waals surface area contributed by atoms with E-state index in [1.165, 1.54) is 3.57 Å². The maximum atomic E-state index is 5.36. The number of rotatable bonds is 4. The lowest BCUT2D eigenvalue weighted by atomic mass is 10.2. The average Bonchev–Trinajstić information content (AvgIpc) is 2.96. The Morgan fingerprint density at radius 1 is 1.14 bits per heavy atom. The van der Waals surface area contributed by atoms with Gasteiger partial charge in [-0.3, -0.25) is 0 Å². The smallest absolute Gasteiger partial charge is 0.181 e. The van der Waals surface area contributed by atoms with E-state index >= 15 is 0 Å². The molecule has 2 aromatic carbocycles. The highest BCUT2D eigenvalue weighted by Crippen LogP contribution is 2.20. The van der Waals surface area contributed by atoms with Crippen molar-refractivity contribution in [2.24, 2.45) is 0 Å². The van der Waals surface area contributed by atoms with E-state index in [1.54, 1.807) is 13.4 Å². The molecule has 0 aliphatic rings. The van der Waals surface area contributed by atoms with E-state index in [9.17, 15) is 0 Å². The Kier molecular flexibility index (Phi) is 4.19. The molecule has 4 nitrogen and oxygen atoms in total. The summed E-state index contributed by atoms with van der Waals surface area (Å²) >= 11 is 2.29. The molecule has 0 N–H and O–H groups in total. The second-order valence-corrected chi connectivity index (χ2v) is 5.83. The molecule has 0 unspecified atom stereocenters. The van der Waals surface area contributed by atoms with Gasteiger partial charge in [0.15, 0.2) is 5.82 Å². The molecule has 1 aromatic heterocycles. The Balaban J connectivity index is 1.85. The van der Waals surface area contributed by atoms with Crippen LogP contribution in [0.15, 0.2) is 54.9 Å². The van der Waals surface area contributed by atoms with Crippen LogP contribution in [-0.2, 0) is 6.54 Å². The SMILES string of the molecule is COc1ccccc1Cn1cnc(-c2cccc(I)c2)n1. The highest BCUT2D eigenvalue weighted by atomic mass is 127. The summed E-state index contributed by atoms with van der Waals surface area (Å²) in [5, 5.41) is 4.54. The zero-order chi connectivity index (χ0) is 14.7. The summed E-state index contributed by atoms with van der Waals surface area (Å²) in [5.41, 5.74) is 2.11. The zero-order valence-electron chi connectivity index (χ0n) is 11.5. The largest absolute Gasteiger partial charge is 0.496 e. The van der Waals surface area contributed by atoms with Crippen LogP contribution in [0.25, 0.3) is 11.4 Å². The minimum Gasteiger partial charge on any atom is -0.496 e. The molecule has 0 aliphatic heterocycles. The van der Waals surface area contributed by atoms with Gasteiger partial charge in [-0.15, -0.1) is 0 Å². The van der Waals surface area contributed by atoms with Crippen LogP contribution in [0.4, 0.5) is 0 Å². The van der Waals surface area contributed by atoms with Crippen molar-refractivity contribution < 1.29 is 4.74 Å². The van der Waals surface area contributed by atoms with Gasteiger partial charge in [-0.1, -0.05) is 30.3 Å². The molecule has 0 aliphatic carbocycles. The fourth-order valence-electron chi connectivity index (χ4n) is 2.14. The number of hydrogen-bond donors (Lipinski definition) is 0. The van der Waals surface area contributed by atoms with Crippen LogP contribution in [-0.4, -0.2) is 21.9 Å². The van der Waals surface area contributed by atoms with Crippen molar-refractivity contribution in [1.82, 2.24) is 14.8 Å². The van der Waals surface area contributed by atoms with Gasteiger partial charge >= 0.3 is 0 Å². The number of aromatic nitrogens is 3. The fraction of sp³-hybridized carbons (Fsp3) is 0.125. The summed E-state index contributed by atoms with van der Waals surface area (Å²) in [6.45, 7) is 0.640. The topological polar surface area (TPSA) is 39.9 Å². The van der Waals surface area contributed by atoms with Gasteiger partial charge in [0.1, 0.15) is 12.1 Å². The number of nitrogens with zero attached hydrogens (tertiary/aromatic N) is 3. The molecule has 3 rings (SSSR count). The van der Waals surface area contributed by atoms with Crippen molar-refractivity contribution in [3.63, 3.8) is 0 Å². The lowest BCUT2D eigenvalue weighted by Crippen LogP contribution is -2.02. The Hall–Kier alpha value is -1.89. The van der Waals surface area contributed by atoms with Crippen molar-refractivity contribution in [3.05, 3.63) is 64.0 Å². The van der Waals surface area contributed by atoms with Crippen molar-refractivity contribution in [3.8, 4) is 17.1 Å². The predicted molar refractivity (Wildman–Crippen MR) is 90.3 cm³/mol. The van der Waals surface area contributed by atoms with Crippen LogP contribution < -0.4 is 4.74 Å². The van der Waals surface area contributed by atoms with Crippen molar-refractivity contribution in [2.45, 2.75) is 6.54 Å². The molecule has 0 fully saturated rings. The maximum absolute atomic E-state index is 5.36. The van der Waals surface area contributed by atoms with Gasteiger partial charge in [0.25, 0.3) is 0 Å². The minimum absolute atomic E-state index is 0.640. The number of benzene rings is 2. The van der Waals surface area contributed by atoms with E-state index in [2.05, 4.69) is 44.8 Å². The van der Waals surface area contributed by atoms with Gasteiger partial charge in [0.05, 0.1) is 13.7 Å². The third-order valence-electron chi connectivity index (χ3n) is 3.14. The molecule has 0 atom stereocenters. The molecule has 0 spiro atoms. The second kappa shape index (κ2) is 6.26. The Bertz CT molecular complexity index is 755. The normalized spacial score (nSPS) is 10.6. The summed E-state index contributed by atoms with van der Waals surface area (Å²) in [6.07, 6.45) is 1.75. The molecule has 0 amide bonds.